The molecule has 3 aromatic rings. The second-order valence-corrected chi connectivity index (χ2v) is 8.71. The van der Waals surface area contributed by atoms with E-state index >= 15 is 4.39 Å². The summed E-state index contributed by atoms with van der Waals surface area (Å²) >= 11 is 0. The Morgan fingerprint density at radius 3 is 2.70 bits per heavy atom. The molecule has 5 nitrogen and oxygen atoms in total. The van der Waals surface area contributed by atoms with Crippen molar-refractivity contribution in [2.45, 2.75) is 38.8 Å². The number of nitrogens with two attached hydrogens (primary N) is 1. The van der Waals surface area contributed by atoms with Gasteiger partial charge in [-0.3, -0.25) is 4.79 Å². The molecule has 0 bridgehead atoms. The van der Waals surface area contributed by atoms with Gasteiger partial charge in [0.1, 0.15) is 18.2 Å². The predicted octanol–water partition coefficient (Wildman–Crippen LogP) is 5.54. The number of hydrogen-bond donors (Lipinski definition) is 3. The number of rotatable bonds is 10. The van der Waals surface area contributed by atoms with Crippen molar-refractivity contribution in [1.82, 2.24) is 0 Å². The Morgan fingerprint density at radius 1 is 1.18 bits per heavy atom. The molecule has 4 N–H and O–H groups in total. The first-order chi connectivity index (χ1) is 15.9. The smallest absolute Gasteiger partial charge is 0.307 e. The molecule has 1 aliphatic rings. The zero-order chi connectivity index (χ0) is 23.4. The molecule has 3 aromatic carbocycles. The van der Waals surface area contributed by atoms with Crippen molar-refractivity contribution in [2.24, 2.45) is 11.7 Å². The maximum Gasteiger partial charge on any atom is 0.307 e. The predicted molar refractivity (Wildman–Crippen MR) is 128 cm³/mol. The normalized spacial score (nSPS) is 14.0. The third-order valence-electron chi connectivity index (χ3n) is 5.82. The van der Waals surface area contributed by atoms with Gasteiger partial charge in [0.15, 0.2) is 0 Å². The Bertz CT molecular complexity index is 1140. The van der Waals surface area contributed by atoms with Crippen LogP contribution >= 0.6 is 0 Å². The summed E-state index contributed by atoms with van der Waals surface area (Å²) in [7, 11) is 0. The molecule has 0 aromatic heterocycles. The largest absolute Gasteiger partial charge is 0.489 e. The highest BCUT2D eigenvalue weighted by Gasteiger charge is 2.21. The number of aliphatic carboxylic acids is 1. The van der Waals surface area contributed by atoms with Crippen LogP contribution in [0.3, 0.4) is 0 Å². The number of halogens is 1. The summed E-state index contributed by atoms with van der Waals surface area (Å²) in [5.74, 6) is -0.00746. The first kappa shape index (κ1) is 22.8. The van der Waals surface area contributed by atoms with Gasteiger partial charge in [0, 0.05) is 35.0 Å². The topological polar surface area (TPSA) is 84.6 Å². The fraction of sp³-hybridized carbons (Fsp3) is 0.296. The van der Waals surface area contributed by atoms with Gasteiger partial charge >= 0.3 is 5.97 Å². The number of anilines is 1. The minimum atomic E-state index is -0.913. The highest BCUT2D eigenvalue weighted by molar-refractivity contribution is 5.72. The van der Waals surface area contributed by atoms with Crippen LogP contribution in [-0.2, 0) is 17.8 Å². The molecule has 1 fully saturated rings. The van der Waals surface area contributed by atoms with Crippen LogP contribution in [0.4, 0.5) is 10.1 Å². The van der Waals surface area contributed by atoms with Gasteiger partial charge in [-0.1, -0.05) is 36.4 Å². The molecule has 0 aliphatic heterocycles. The SMILES string of the molecule is CC(N)c1cccc(-c2cc(COc3ccccc3CC(=O)O)cc(NCC3CC3)c2)c1F. The molecule has 4 rings (SSSR count). The molecule has 0 radical (unpaired) electrons. The molecule has 1 aliphatic carbocycles. The first-order valence-corrected chi connectivity index (χ1v) is 11.3. The lowest BCUT2D eigenvalue weighted by Gasteiger charge is -2.16. The van der Waals surface area contributed by atoms with Crippen molar-refractivity contribution in [1.29, 1.82) is 0 Å². The van der Waals surface area contributed by atoms with E-state index in [0.29, 0.717) is 28.4 Å². The van der Waals surface area contributed by atoms with Crippen LogP contribution in [0.25, 0.3) is 11.1 Å². The summed E-state index contributed by atoms with van der Waals surface area (Å²) in [6.45, 7) is 2.88. The second-order valence-electron chi connectivity index (χ2n) is 8.71. The summed E-state index contributed by atoms with van der Waals surface area (Å²) < 4.78 is 21.2. The van der Waals surface area contributed by atoms with Crippen molar-refractivity contribution >= 4 is 11.7 Å². The molecule has 6 heteroatoms. The van der Waals surface area contributed by atoms with Gasteiger partial charge in [0.2, 0.25) is 0 Å². The highest BCUT2D eigenvalue weighted by Crippen LogP contribution is 2.33. The van der Waals surface area contributed by atoms with E-state index in [0.717, 1.165) is 23.4 Å². The van der Waals surface area contributed by atoms with Crippen LogP contribution in [0.5, 0.6) is 5.75 Å². The van der Waals surface area contributed by atoms with Crippen molar-refractivity contribution in [3.8, 4) is 16.9 Å². The van der Waals surface area contributed by atoms with Crippen LogP contribution in [0.2, 0.25) is 0 Å². The van der Waals surface area contributed by atoms with Gasteiger partial charge in [0.05, 0.1) is 6.42 Å². The Morgan fingerprint density at radius 2 is 1.97 bits per heavy atom. The van der Waals surface area contributed by atoms with Crippen molar-refractivity contribution in [3.05, 3.63) is 83.2 Å². The van der Waals surface area contributed by atoms with Gasteiger partial charge in [-0.05, 0) is 61.1 Å². The minimum Gasteiger partial charge on any atom is -0.489 e. The molecule has 0 heterocycles. The number of hydrogen-bond acceptors (Lipinski definition) is 4. The Balaban J connectivity index is 1.63. The lowest BCUT2D eigenvalue weighted by molar-refractivity contribution is -0.136. The number of carboxylic acids is 1. The van der Waals surface area contributed by atoms with Crippen molar-refractivity contribution in [2.75, 3.05) is 11.9 Å². The average Bonchev–Trinajstić information content (AvgIpc) is 3.61. The van der Waals surface area contributed by atoms with E-state index in [-0.39, 0.29) is 18.8 Å². The fourth-order valence-electron chi connectivity index (χ4n) is 3.86. The van der Waals surface area contributed by atoms with E-state index in [1.807, 2.05) is 30.3 Å². The maximum atomic E-state index is 15.2. The highest BCUT2D eigenvalue weighted by atomic mass is 19.1. The van der Waals surface area contributed by atoms with Crippen molar-refractivity contribution < 1.29 is 19.0 Å². The van der Waals surface area contributed by atoms with Gasteiger partial charge in [-0.25, -0.2) is 4.39 Å². The quantitative estimate of drug-likeness (QED) is 0.379. The maximum absolute atomic E-state index is 15.2. The molecule has 0 amide bonds. The molecule has 33 heavy (non-hydrogen) atoms. The molecule has 0 saturated heterocycles. The summed E-state index contributed by atoms with van der Waals surface area (Å²) in [5.41, 5.74) is 10.1. The van der Waals surface area contributed by atoms with Crippen molar-refractivity contribution in [3.63, 3.8) is 0 Å². The summed E-state index contributed by atoms with van der Waals surface area (Å²) in [6, 6.07) is 17.9. The molecule has 172 valence electrons. The average molecular weight is 449 g/mol. The van der Waals surface area contributed by atoms with Crippen LogP contribution < -0.4 is 15.8 Å². The Kier molecular flexibility index (Phi) is 6.94. The van der Waals surface area contributed by atoms with E-state index in [9.17, 15) is 4.79 Å². The van der Waals surface area contributed by atoms with E-state index < -0.39 is 12.0 Å². The first-order valence-electron chi connectivity index (χ1n) is 11.3. The number of benzene rings is 3. The summed E-state index contributed by atoms with van der Waals surface area (Å²) in [6.07, 6.45) is 2.35. The van der Waals surface area contributed by atoms with Gasteiger partial charge < -0.3 is 20.9 Å². The van der Waals surface area contributed by atoms with Crippen LogP contribution in [-0.4, -0.2) is 17.6 Å². The van der Waals surface area contributed by atoms with E-state index in [1.165, 1.54) is 12.8 Å². The molecule has 1 atom stereocenters. The standard InChI is InChI=1S/C27H29FN2O3/c1-17(29)23-6-4-7-24(27(23)28)21-11-19(12-22(13-21)30-15-18-9-10-18)16-33-25-8-3-2-5-20(25)14-26(31)32/h2-8,11-13,17-18,30H,9-10,14-16,29H2,1H3,(H,31,32). The molecule has 1 unspecified atom stereocenters. The van der Waals surface area contributed by atoms with Gasteiger partial charge in [-0.15, -0.1) is 0 Å². The molecule has 1 saturated carbocycles. The number of para-hydroxylation sites is 1. The molecule has 0 spiro atoms. The minimum absolute atomic E-state index is 0.111. The van der Waals surface area contributed by atoms with Crippen LogP contribution in [0, 0.1) is 11.7 Å². The molecular weight excluding hydrogens is 419 g/mol. The van der Waals surface area contributed by atoms with E-state index in [4.69, 9.17) is 15.6 Å². The number of carbonyl (C=O) groups is 1. The van der Waals surface area contributed by atoms with E-state index in [1.54, 1.807) is 37.3 Å². The third-order valence-corrected chi connectivity index (χ3v) is 5.82. The monoisotopic (exact) mass is 448 g/mol. The number of nitrogens with one attached hydrogen (secondary N) is 1. The zero-order valence-corrected chi connectivity index (χ0v) is 18.7. The third kappa shape index (κ3) is 5.90. The lowest BCUT2D eigenvalue weighted by atomic mass is 9.97. The van der Waals surface area contributed by atoms with Crippen LogP contribution in [0.15, 0.2) is 60.7 Å². The molecular formula is C27H29FN2O3. The van der Waals surface area contributed by atoms with Gasteiger partial charge in [0.25, 0.3) is 0 Å². The second kappa shape index (κ2) is 10.0. The zero-order valence-electron chi connectivity index (χ0n) is 18.7. The summed E-state index contributed by atoms with van der Waals surface area (Å²) in [5, 5.41) is 12.6. The Hall–Kier alpha value is -3.38. The number of carboxylic acid groups (broad SMARTS) is 1. The summed E-state index contributed by atoms with van der Waals surface area (Å²) in [4.78, 5) is 11.2. The van der Waals surface area contributed by atoms with E-state index in [2.05, 4.69) is 5.32 Å². The van der Waals surface area contributed by atoms with Crippen LogP contribution in [0.1, 0.15) is 42.5 Å². The fourth-order valence-corrected chi connectivity index (χ4v) is 3.86. The Labute approximate surface area is 193 Å². The number of ether oxygens (including phenoxy) is 1. The lowest BCUT2D eigenvalue weighted by Crippen LogP contribution is -2.08. The van der Waals surface area contributed by atoms with Gasteiger partial charge in [-0.2, -0.15) is 0 Å².